The van der Waals surface area contributed by atoms with E-state index in [4.69, 9.17) is 9.47 Å². The van der Waals surface area contributed by atoms with Crippen LogP contribution in [0.3, 0.4) is 0 Å². The smallest absolute Gasteiger partial charge is 0.267 e. The van der Waals surface area contributed by atoms with E-state index in [1.807, 2.05) is 55.5 Å². The van der Waals surface area contributed by atoms with Crippen LogP contribution in [0.5, 0.6) is 11.5 Å². The number of carbonyl (C=O) groups excluding carboxylic acids is 2. The van der Waals surface area contributed by atoms with Crippen molar-refractivity contribution in [3.05, 3.63) is 64.6 Å². The van der Waals surface area contributed by atoms with Crippen LogP contribution in [0.2, 0.25) is 0 Å². The van der Waals surface area contributed by atoms with Gasteiger partial charge in [0.1, 0.15) is 11.5 Å². The summed E-state index contributed by atoms with van der Waals surface area (Å²) in [4.78, 5) is 28.1. The fraction of sp³-hybridized carbons (Fsp3) is 0.333. The SMILES string of the molecule is CCCOc1ccc(C2=C(SCC)C(=O)N(CCc3ccc(OC)cc3)C2=O)cc1. The van der Waals surface area contributed by atoms with Crippen molar-refractivity contribution in [3.63, 3.8) is 0 Å². The molecule has 0 atom stereocenters. The maximum atomic E-state index is 13.2. The zero-order valence-electron chi connectivity index (χ0n) is 17.6. The molecule has 158 valence electrons. The highest BCUT2D eigenvalue weighted by atomic mass is 32.2. The minimum Gasteiger partial charge on any atom is -0.497 e. The average Bonchev–Trinajstić information content (AvgIpc) is 3.01. The van der Waals surface area contributed by atoms with Gasteiger partial charge in [0, 0.05) is 6.54 Å². The lowest BCUT2D eigenvalue weighted by atomic mass is 10.1. The van der Waals surface area contributed by atoms with E-state index in [-0.39, 0.29) is 11.8 Å². The van der Waals surface area contributed by atoms with Gasteiger partial charge in [0.25, 0.3) is 11.8 Å². The number of hydrogen-bond acceptors (Lipinski definition) is 5. The second-order valence-electron chi connectivity index (χ2n) is 6.87. The van der Waals surface area contributed by atoms with Crippen LogP contribution in [0.25, 0.3) is 5.57 Å². The summed E-state index contributed by atoms with van der Waals surface area (Å²) in [6.07, 6.45) is 1.53. The molecule has 0 saturated carbocycles. The molecule has 0 fully saturated rings. The third-order valence-corrected chi connectivity index (χ3v) is 5.77. The number of ether oxygens (including phenoxy) is 2. The highest BCUT2D eigenvalue weighted by Gasteiger charge is 2.38. The molecule has 6 heteroatoms. The van der Waals surface area contributed by atoms with Gasteiger partial charge >= 0.3 is 0 Å². The van der Waals surface area contributed by atoms with Gasteiger partial charge in [-0.25, -0.2) is 0 Å². The predicted molar refractivity (Wildman–Crippen MR) is 121 cm³/mol. The Balaban J connectivity index is 1.77. The molecule has 2 amide bonds. The van der Waals surface area contributed by atoms with E-state index >= 15 is 0 Å². The number of amides is 2. The van der Waals surface area contributed by atoms with Gasteiger partial charge in [0.15, 0.2) is 0 Å². The van der Waals surface area contributed by atoms with E-state index in [9.17, 15) is 9.59 Å². The second-order valence-corrected chi connectivity index (χ2v) is 8.14. The highest BCUT2D eigenvalue weighted by molar-refractivity contribution is 8.04. The average molecular weight is 426 g/mol. The zero-order chi connectivity index (χ0) is 21.5. The first-order chi connectivity index (χ1) is 14.6. The van der Waals surface area contributed by atoms with Crippen molar-refractivity contribution in [2.75, 3.05) is 26.0 Å². The van der Waals surface area contributed by atoms with Crippen molar-refractivity contribution in [1.82, 2.24) is 4.90 Å². The third kappa shape index (κ3) is 4.87. The van der Waals surface area contributed by atoms with Gasteiger partial charge in [-0.2, -0.15) is 0 Å². The molecule has 0 saturated heterocycles. The molecular weight excluding hydrogens is 398 g/mol. The molecule has 0 bridgehead atoms. The molecule has 5 nitrogen and oxygen atoms in total. The fourth-order valence-electron chi connectivity index (χ4n) is 3.26. The van der Waals surface area contributed by atoms with Gasteiger partial charge in [-0.3, -0.25) is 14.5 Å². The summed E-state index contributed by atoms with van der Waals surface area (Å²) in [5.74, 6) is 1.83. The molecule has 0 spiro atoms. The molecule has 2 aromatic carbocycles. The maximum Gasteiger partial charge on any atom is 0.267 e. The standard InChI is InChI=1S/C24H27NO4S/c1-4-16-29-20-12-8-18(9-13-20)21-22(30-5-2)24(27)25(23(21)26)15-14-17-6-10-19(28-3)11-7-17/h6-13H,4-5,14-16H2,1-3H3. The van der Waals surface area contributed by atoms with Crippen LogP contribution < -0.4 is 9.47 Å². The first-order valence-corrected chi connectivity index (χ1v) is 11.2. The Kier molecular flexibility index (Phi) is 7.57. The summed E-state index contributed by atoms with van der Waals surface area (Å²) < 4.78 is 10.8. The van der Waals surface area contributed by atoms with Crippen molar-refractivity contribution in [1.29, 1.82) is 0 Å². The Morgan fingerprint density at radius 2 is 1.57 bits per heavy atom. The second kappa shape index (κ2) is 10.3. The molecule has 0 N–H and O–H groups in total. The lowest BCUT2D eigenvalue weighted by Crippen LogP contribution is -2.33. The van der Waals surface area contributed by atoms with Crippen molar-refractivity contribution in [3.8, 4) is 11.5 Å². The number of nitrogens with zero attached hydrogens (tertiary/aromatic N) is 1. The summed E-state index contributed by atoms with van der Waals surface area (Å²) in [5, 5.41) is 0. The van der Waals surface area contributed by atoms with Crippen molar-refractivity contribution in [2.24, 2.45) is 0 Å². The summed E-state index contributed by atoms with van der Waals surface area (Å²) >= 11 is 1.42. The predicted octanol–water partition coefficient (Wildman–Crippen LogP) is 4.56. The Bertz CT molecular complexity index is 919. The molecule has 3 rings (SSSR count). The molecule has 1 aliphatic heterocycles. The van der Waals surface area contributed by atoms with Crippen LogP contribution >= 0.6 is 11.8 Å². The molecule has 0 unspecified atom stereocenters. The lowest BCUT2D eigenvalue weighted by Gasteiger charge is -2.15. The molecule has 1 aliphatic rings. The van der Waals surface area contributed by atoms with E-state index in [0.717, 1.165) is 34.8 Å². The van der Waals surface area contributed by atoms with Gasteiger partial charge in [-0.15, -0.1) is 11.8 Å². The Hall–Kier alpha value is -2.73. The first kappa shape index (κ1) is 22.0. The van der Waals surface area contributed by atoms with Crippen LogP contribution in [-0.4, -0.2) is 42.7 Å². The molecule has 0 aromatic heterocycles. The number of rotatable bonds is 10. The van der Waals surface area contributed by atoms with Crippen molar-refractivity contribution < 1.29 is 19.1 Å². The van der Waals surface area contributed by atoms with E-state index in [1.54, 1.807) is 7.11 Å². The summed E-state index contributed by atoms with van der Waals surface area (Å²) in [6.45, 7) is 5.03. The number of carbonyl (C=O) groups is 2. The minimum atomic E-state index is -0.230. The van der Waals surface area contributed by atoms with Crippen LogP contribution in [0, 0.1) is 0 Å². The van der Waals surface area contributed by atoms with E-state index < -0.39 is 0 Å². The Labute approximate surface area is 182 Å². The third-order valence-electron chi connectivity index (χ3n) is 4.81. The molecule has 2 aromatic rings. The van der Waals surface area contributed by atoms with Crippen LogP contribution in [0.15, 0.2) is 53.4 Å². The van der Waals surface area contributed by atoms with Crippen LogP contribution in [-0.2, 0) is 16.0 Å². The van der Waals surface area contributed by atoms with Crippen molar-refractivity contribution >= 4 is 29.1 Å². The molecule has 30 heavy (non-hydrogen) atoms. The normalized spacial score (nSPS) is 13.9. The van der Waals surface area contributed by atoms with E-state index in [0.29, 0.717) is 30.1 Å². The monoisotopic (exact) mass is 425 g/mol. The lowest BCUT2D eigenvalue weighted by molar-refractivity contribution is -0.136. The largest absolute Gasteiger partial charge is 0.497 e. The summed E-state index contributed by atoms with van der Waals surface area (Å²) in [5.41, 5.74) is 2.29. The number of thioether (sulfide) groups is 1. The summed E-state index contributed by atoms with van der Waals surface area (Å²) in [6, 6.07) is 15.1. The number of hydrogen-bond donors (Lipinski definition) is 0. The number of imide groups is 1. The van der Waals surface area contributed by atoms with Gasteiger partial charge in [0.05, 0.1) is 24.2 Å². The highest BCUT2D eigenvalue weighted by Crippen LogP contribution is 2.36. The molecule has 0 aliphatic carbocycles. The van der Waals surface area contributed by atoms with Crippen LogP contribution in [0.1, 0.15) is 31.4 Å². The zero-order valence-corrected chi connectivity index (χ0v) is 18.5. The number of methoxy groups -OCH3 is 1. The maximum absolute atomic E-state index is 13.2. The van der Waals surface area contributed by atoms with Gasteiger partial charge in [-0.1, -0.05) is 38.1 Å². The Morgan fingerprint density at radius 1 is 0.900 bits per heavy atom. The van der Waals surface area contributed by atoms with E-state index in [2.05, 4.69) is 6.92 Å². The van der Waals surface area contributed by atoms with Gasteiger partial charge < -0.3 is 9.47 Å². The van der Waals surface area contributed by atoms with E-state index in [1.165, 1.54) is 16.7 Å². The number of benzene rings is 2. The van der Waals surface area contributed by atoms with Crippen LogP contribution in [0.4, 0.5) is 0 Å². The minimum absolute atomic E-state index is 0.207. The summed E-state index contributed by atoms with van der Waals surface area (Å²) in [7, 11) is 1.62. The fourth-order valence-corrected chi connectivity index (χ4v) is 4.13. The van der Waals surface area contributed by atoms with Gasteiger partial charge in [0.2, 0.25) is 0 Å². The quantitative estimate of drug-likeness (QED) is 0.523. The topological polar surface area (TPSA) is 55.8 Å². The molecule has 1 heterocycles. The molecule has 0 radical (unpaired) electrons. The Morgan fingerprint density at radius 3 is 2.17 bits per heavy atom. The van der Waals surface area contributed by atoms with Crippen molar-refractivity contribution in [2.45, 2.75) is 26.7 Å². The van der Waals surface area contributed by atoms with Gasteiger partial charge in [-0.05, 0) is 54.0 Å². The molecular formula is C24H27NO4S. The first-order valence-electron chi connectivity index (χ1n) is 10.2.